The van der Waals surface area contributed by atoms with E-state index >= 15 is 0 Å². The molecule has 1 aliphatic heterocycles. The van der Waals surface area contributed by atoms with E-state index in [9.17, 15) is 13.2 Å². The third-order valence-corrected chi connectivity index (χ3v) is 14.4. The van der Waals surface area contributed by atoms with Gasteiger partial charge in [-0.25, -0.2) is 8.42 Å². The lowest BCUT2D eigenvalue weighted by Gasteiger charge is -2.62. The van der Waals surface area contributed by atoms with Crippen LogP contribution in [0.15, 0.2) is 72.8 Å². The summed E-state index contributed by atoms with van der Waals surface area (Å²) in [6, 6.07) is 24.4. The van der Waals surface area contributed by atoms with Crippen molar-refractivity contribution in [2.75, 3.05) is 26.4 Å². The molecular weight excluding hydrogens is 693 g/mol. The Morgan fingerprint density at radius 1 is 0.981 bits per heavy atom. The van der Waals surface area contributed by atoms with Crippen LogP contribution in [0.3, 0.4) is 0 Å². The van der Waals surface area contributed by atoms with Crippen LogP contribution in [0.2, 0.25) is 0 Å². The quantitative estimate of drug-likeness (QED) is 0.179. The smallest absolute Gasteiger partial charge is 0.238 e. The normalized spacial score (nSPS) is 25.4. The maximum atomic E-state index is 13.8. The Bertz CT molecular complexity index is 1870. The van der Waals surface area contributed by atoms with Gasteiger partial charge < -0.3 is 15.0 Å². The van der Waals surface area contributed by atoms with Gasteiger partial charge >= 0.3 is 0 Å². The maximum Gasteiger partial charge on any atom is 0.238 e. The molecule has 1 heterocycles. The summed E-state index contributed by atoms with van der Waals surface area (Å²) in [7, 11) is 0.690. The maximum absolute atomic E-state index is 13.8. The molecule has 1 saturated heterocycles. The minimum Gasteiger partial charge on any atom is -0.457 e. The molecule has 3 aromatic carbocycles. The molecular formula is C45H64N4O4S. The third kappa shape index (κ3) is 9.40. The highest BCUT2D eigenvalue weighted by Crippen LogP contribution is 2.61. The summed E-state index contributed by atoms with van der Waals surface area (Å²) in [4.78, 5) is 18.6. The van der Waals surface area contributed by atoms with Crippen LogP contribution in [0.25, 0.3) is 0 Å². The van der Waals surface area contributed by atoms with Gasteiger partial charge in [-0.1, -0.05) is 102 Å². The lowest BCUT2D eigenvalue weighted by Crippen LogP contribution is -2.61. The second kappa shape index (κ2) is 16.1. The number of fused-ring (bicyclic) bond motifs is 2. The predicted molar refractivity (Wildman–Crippen MR) is 219 cm³/mol. The first-order valence-corrected chi connectivity index (χ1v) is 21.6. The Morgan fingerprint density at radius 3 is 2.35 bits per heavy atom. The summed E-state index contributed by atoms with van der Waals surface area (Å²) >= 11 is 0. The minimum absolute atomic E-state index is 0.000143. The van der Waals surface area contributed by atoms with Gasteiger partial charge in [-0.05, 0) is 105 Å². The number of rotatable bonds is 14. The molecule has 0 aromatic heterocycles. The fourth-order valence-electron chi connectivity index (χ4n) is 9.48. The molecule has 0 spiro atoms. The van der Waals surface area contributed by atoms with Crippen LogP contribution in [0, 0.1) is 35.5 Å². The first-order chi connectivity index (χ1) is 25.4. The Morgan fingerprint density at radius 2 is 1.69 bits per heavy atom. The Kier molecular flexibility index (Phi) is 12.0. The highest BCUT2D eigenvalue weighted by molar-refractivity contribution is 7.89. The SMILES string of the molecule is Cc1ccc(Oc2ccccc2CN(Cc2cccc(CN3C(C(=O)N[C@H]4C[C@@H]5C[C@H]([C@@H]4C)C5(C)C)CCS3(=O)=O)c2)[C@H](CN(C)C)CC(C)(C)C)cc1. The zero-order valence-electron chi connectivity index (χ0n) is 34.1. The summed E-state index contributed by atoms with van der Waals surface area (Å²) < 4.78 is 34.9. The lowest BCUT2D eigenvalue weighted by atomic mass is 9.45. The molecule has 3 aromatic rings. The van der Waals surface area contributed by atoms with Crippen molar-refractivity contribution in [2.45, 2.75) is 112 Å². The van der Waals surface area contributed by atoms with E-state index in [-0.39, 0.29) is 35.7 Å². The molecule has 1 N–H and O–H groups in total. The molecule has 6 atom stereocenters. The van der Waals surface area contributed by atoms with Crippen molar-refractivity contribution in [1.82, 2.24) is 19.4 Å². The third-order valence-electron chi connectivity index (χ3n) is 12.6. The number of carbonyl (C=O) groups excluding carboxylic acids is 1. The van der Waals surface area contributed by atoms with E-state index < -0.39 is 16.1 Å². The van der Waals surface area contributed by atoms with Gasteiger partial charge in [0.2, 0.25) is 15.9 Å². The fraction of sp³-hybridized carbons (Fsp3) is 0.578. The van der Waals surface area contributed by atoms with E-state index in [1.165, 1.54) is 16.3 Å². The molecule has 0 radical (unpaired) electrons. The number of benzene rings is 3. The van der Waals surface area contributed by atoms with E-state index in [4.69, 9.17) is 4.74 Å². The number of ether oxygens (including phenoxy) is 1. The topological polar surface area (TPSA) is 82.2 Å². The zero-order valence-corrected chi connectivity index (χ0v) is 35.0. The van der Waals surface area contributed by atoms with Crippen molar-refractivity contribution >= 4 is 15.9 Å². The molecule has 7 rings (SSSR count). The van der Waals surface area contributed by atoms with Crippen molar-refractivity contribution in [1.29, 1.82) is 0 Å². The molecule has 294 valence electrons. The van der Waals surface area contributed by atoms with Crippen LogP contribution in [0.4, 0.5) is 0 Å². The number of hydrogen-bond acceptors (Lipinski definition) is 6. The molecule has 3 aliphatic carbocycles. The molecule has 1 unspecified atom stereocenters. The van der Waals surface area contributed by atoms with Crippen LogP contribution in [-0.4, -0.2) is 72.9 Å². The first kappa shape index (κ1) is 40.4. The van der Waals surface area contributed by atoms with E-state index in [0.29, 0.717) is 42.7 Å². The second-order valence-corrected chi connectivity index (χ2v) is 20.7. The number of para-hydroxylation sites is 1. The molecule has 8 nitrogen and oxygen atoms in total. The van der Waals surface area contributed by atoms with Crippen molar-refractivity contribution < 1.29 is 17.9 Å². The van der Waals surface area contributed by atoms with Gasteiger partial charge in [0.1, 0.15) is 17.5 Å². The van der Waals surface area contributed by atoms with Crippen molar-refractivity contribution in [3.8, 4) is 11.5 Å². The van der Waals surface area contributed by atoms with Gasteiger partial charge in [0.05, 0.1) is 5.75 Å². The number of hydrogen-bond donors (Lipinski definition) is 1. The van der Waals surface area contributed by atoms with Crippen molar-refractivity contribution in [2.24, 2.45) is 28.6 Å². The Balaban J connectivity index is 1.22. The summed E-state index contributed by atoms with van der Waals surface area (Å²) in [6.45, 7) is 18.4. The largest absolute Gasteiger partial charge is 0.457 e. The van der Waals surface area contributed by atoms with Gasteiger partial charge in [0, 0.05) is 43.8 Å². The first-order valence-electron chi connectivity index (χ1n) is 20.0. The van der Waals surface area contributed by atoms with Gasteiger partial charge in [0.15, 0.2) is 0 Å². The van der Waals surface area contributed by atoms with E-state index in [0.717, 1.165) is 47.6 Å². The van der Waals surface area contributed by atoms with E-state index in [1.807, 2.05) is 36.4 Å². The number of aryl methyl sites for hydroxylation is 1. The van der Waals surface area contributed by atoms with E-state index in [2.05, 4.69) is 114 Å². The standard InChI is InChI=1S/C45H64N4O4S/c1-31-17-19-38(20-18-31)53-42-16-11-10-15-35(42)29-48(37(30-47(8)9)26-44(3,4)5)27-33-13-12-14-34(23-33)28-49-41(21-22-54(49,51)52)43(50)46-40-25-36-24-39(32(40)2)45(36,6)7/h10-20,23,32,36-37,39-41H,21-22,24-30H2,1-9H3,(H,46,50)/t32-,36-,37-,39+,40-,41?/m0/s1. The van der Waals surface area contributed by atoms with Crippen molar-refractivity contribution in [3.63, 3.8) is 0 Å². The predicted octanol–water partition coefficient (Wildman–Crippen LogP) is 8.25. The Labute approximate surface area is 325 Å². The highest BCUT2D eigenvalue weighted by atomic mass is 32.2. The summed E-state index contributed by atoms with van der Waals surface area (Å²) in [5.41, 5.74) is 4.72. The fourth-order valence-corrected chi connectivity index (χ4v) is 11.2. The number of amides is 1. The average Bonchev–Trinajstić information content (AvgIpc) is 3.39. The molecule has 1 amide bonds. The highest BCUT2D eigenvalue weighted by Gasteiger charge is 2.56. The monoisotopic (exact) mass is 756 g/mol. The molecule has 4 aliphatic rings. The van der Waals surface area contributed by atoms with Gasteiger partial charge in [-0.3, -0.25) is 9.69 Å². The van der Waals surface area contributed by atoms with Gasteiger partial charge in [-0.2, -0.15) is 4.31 Å². The van der Waals surface area contributed by atoms with Crippen LogP contribution >= 0.6 is 0 Å². The number of nitrogens with zero attached hydrogens (tertiary/aromatic N) is 3. The Hall–Kier alpha value is -3.24. The number of likely N-dealkylation sites (N-methyl/N-ethyl adjacent to an activating group) is 1. The summed E-state index contributed by atoms with van der Waals surface area (Å²) in [5, 5.41) is 3.33. The molecule has 4 fully saturated rings. The van der Waals surface area contributed by atoms with Gasteiger partial charge in [-0.15, -0.1) is 0 Å². The van der Waals surface area contributed by atoms with Crippen LogP contribution in [0.1, 0.15) is 89.5 Å². The second-order valence-electron chi connectivity index (χ2n) is 18.7. The van der Waals surface area contributed by atoms with Gasteiger partial charge in [0.25, 0.3) is 0 Å². The number of nitrogens with one attached hydrogen (secondary N) is 1. The molecule has 2 bridgehead atoms. The average molecular weight is 757 g/mol. The molecule has 3 saturated carbocycles. The number of sulfonamides is 1. The minimum atomic E-state index is -3.57. The number of carbonyl (C=O) groups is 1. The van der Waals surface area contributed by atoms with Crippen LogP contribution < -0.4 is 10.1 Å². The zero-order chi connectivity index (χ0) is 39.0. The van der Waals surface area contributed by atoms with Crippen molar-refractivity contribution in [3.05, 3.63) is 95.1 Å². The lowest BCUT2D eigenvalue weighted by molar-refractivity contribution is -0.136. The summed E-state index contributed by atoms with van der Waals surface area (Å²) in [5.74, 6) is 3.10. The molecule has 9 heteroatoms. The molecule has 54 heavy (non-hydrogen) atoms. The van der Waals surface area contributed by atoms with Crippen LogP contribution in [-0.2, 0) is 34.5 Å². The van der Waals surface area contributed by atoms with E-state index in [1.54, 1.807) is 0 Å². The van der Waals surface area contributed by atoms with Crippen LogP contribution in [0.5, 0.6) is 11.5 Å². The summed E-state index contributed by atoms with van der Waals surface area (Å²) in [6.07, 6.45) is 3.52.